The van der Waals surface area contributed by atoms with E-state index in [1.165, 1.54) is 12.1 Å². The fraction of sp³-hybridized carbons (Fsp3) is 0.0769. The van der Waals surface area contributed by atoms with E-state index in [1.807, 2.05) is 12.1 Å². The van der Waals surface area contributed by atoms with E-state index < -0.39 is 5.82 Å². The summed E-state index contributed by atoms with van der Waals surface area (Å²) in [4.78, 5) is 4.22. The topological polar surface area (TPSA) is 60.7 Å². The second kappa shape index (κ2) is 5.15. The Kier molecular flexibility index (Phi) is 3.39. The first-order chi connectivity index (χ1) is 8.72. The van der Waals surface area contributed by atoms with Crippen LogP contribution >= 0.6 is 0 Å². The molecule has 0 unspecified atom stereocenters. The van der Waals surface area contributed by atoms with Crippen LogP contribution in [0.3, 0.4) is 0 Å². The van der Waals surface area contributed by atoms with Crippen molar-refractivity contribution in [3.8, 4) is 6.07 Å². The van der Waals surface area contributed by atoms with Gasteiger partial charge in [-0.1, -0.05) is 6.07 Å². The van der Waals surface area contributed by atoms with E-state index >= 15 is 0 Å². The number of nitriles is 1. The number of aromatic nitrogens is 1. The summed E-state index contributed by atoms with van der Waals surface area (Å²) in [5.41, 5.74) is 0.574. The standard InChI is InChI=1S/C13H11FN4/c1-16-12-3-2-4-13(18-12)17-11-6-5-9(8-15)7-10(11)14/h2-7H,1H3,(H2,16,17,18). The van der Waals surface area contributed by atoms with Crippen LogP contribution in [0.4, 0.5) is 21.7 Å². The second-order valence-electron chi connectivity index (χ2n) is 3.59. The molecular formula is C13H11FN4. The van der Waals surface area contributed by atoms with Crippen molar-refractivity contribution < 1.29 is 4.39 Å². The quantitative estimate of drug-likeness (QED) is 0.868. The SMILES string of the molecule is CNc1cccc(Nc2ccc(C#N)cc2F)n1. The molecule has 0 bridgehead atoms. The maximum atomic E-state index is 13.6. The normalized spacial score (nSPS) is 9.61. The number of pyridine rings is 1. The van der Waals surface area contributed by atoms with Crippen molar-refractivity contribution >= 4 is 17.3 Å². The van der Waals surface area contributed by atoms with Gasteiger partial charge in [0.25, 0.3) is 0 Å². The molecule has 5 heteroatoms. The molecule has 1 aromatic heterocycles. The van der Waals surface area contributed by atoms with Gasteiger partial charge in [0, 0.05) is 7.05 Å². The largest absolute Gasteiger partial charge is 0.373 e. The molecule has 1 heterocycles. The molecule has 0 aliphatic carbocycles. The highest BCUT2D eigenvalue weighted by Gasteiger charge is 2.04. The molecule has 0 saturated heterocycles. The summed E-state index contributed by atoms with van der Waals surface area (Å²) in [6, 6.07) is 11.5. The molecule has 90 valence electrons. The monoisotopic (exact) mass is 242 g/mol. The van der Waals surface area contributed by atoms with E-state index in [2.05, 4.69) is 15.6 Å². The summed E-state index contributed by atoms with van der Waals surface area (Å²) in [6.45, 7) is 0. The number of hydrogen-bond acceptors (Lipinski definition) is 4. The summed E-state index contributed by atoms with van der Waals surface area (Å²) in [7, 11) is 1.76. The van der Waals surface area contributed by atoms with E-state index in [-0.39, 0.29) is 11.3 Å². The first-order valence-electron chi connectivity index (χ1n) is 5.34. The lowest BCUT2D eigenvalue weighted by molar-refractivity contribution is 0.631. The lowest BCUT2D eigenvalue weighted by atomic mass is 10.2. The summed E-state index contributed by atoms with van der Waals surface area (Å²) in [5.74, 6) is 0.741. The van der Waals surface area contributed by atoms with Gasteiger partial charge >= 0.3 is 0 Å². The minimum Gasteiger partial charge on any atom is -0.373 e. The van der Waals surface area contributed by atoms with E-state index in [0.717, 1.165) is 0 Å². The highest BCUT2D eigenvalue weighted by atomic mass is 19.1. The lowest BCUT2D eigenvalue weighted by Gasteiger charge is -2.08. The van der Waals surface area contributed by atoms with Gasteiger partial charge < -0.3 is 10.6 Å². The maximum Gasteiger partial charge on any atom is 0.147 e. The Bertz CT molecular complexity index is 604. The predicted octanol–water partition coefficient (Wildman–Crippen LogP) is 2.88. The van der Waals surface area contributed by atoms with Gasteiger partial charge in [-0.25, -0.2) is 9.37 Å². The average Bonchev–Trinajstić information content (AvgIpc) is 2.41. The van der Waals surface area contributed by atoms with Gasteiger partial charge in [-0.2, -0.15) is 5.26 Å². The van der Waals surface area contributed by atoms with Crippen LogP contribution < -0.4 is 10.6 Å². The van der Waals surface area contributed by atoms with Crippen LogP contribution in [0.15, 0.2) is 36.4 Å². The molecule has 0 saturated carbocycles. The van der Waals surface area contributed by atoms with Gasteiger partial charge in [0.05, 0.1) is 17.3 Å². The van der Waals surface area contributed by atoms with Crippen LogP contribution in [-0.2, 0) is 0 Å². The summed E-state index contributed by atoms with van der Waals surface area (Å²) < 4.78 is 13.6. The molecule has 0 radical (unpaired) electrons. The molecule has 0 fully saturated rings. The van der Waals surface area contributed by atoms with E-state index in [9.17, 15) is 4.39 Å². The van der Waals surface area contributed by atoms with Gasteiger partial charge in [-0.15, -0.1) is 0 Å². The van der Waals surface area contributed by atoms with Crippen LogP contribution in [-0.4, -0.2) is 12.0 Å². The molecule has 0 aliphatic heterocycles. The number of anilines is 3. The number of nitrogens with zero attached hydrogens (tertiary/aromatic N) is 2. The molecule has 2 aromatic rings. The van der Waals surface area contributed by atoms with Crippen molar-refractivity contribution in [2.75, 3.05) is 17.7 Å². The highest BCUT2D eigenvalue weighted by Crippen LogP contribution is 2.20. The van der Waals surface area contributed by atoms with Gasteiger partial charge in [-0.05, 0) is 30.3 Å². The fourth-order valence-corrected chi connectivity index (χ4v) is 1.47. The fourth-order valence-electron chi connectivity index (χ4n) is 1.47. The molecule has 4 nitrogen and oxygen atoms in total. The Labute approximate surface area is 104 Å². The molecular weight excluding hydrogens is 231 g/mol. The molecule has 2 rings (SSSR count). The van der Waals surface area contributed by atoms with Crippen LogP contribution in [0.5, 0.6) is 0 Å². The average molecular weight is 242 g/mol. The van der Waals surface area contributed by atoms with Crippen molar-refractivity contribution in [2.45, 2.75) is 0 Å². The number of rotatable bonds is 3. The molecule has 1 aromatic carbocycles. The van der Waals surface area contributed by atoms with E-state index in [0.29, 0.717) is 11.6 Å². The number of benzene rings is 1. The van der Waals surface area contributed by atoms with Gasteiger partial charge in [0.2, 0.25) is 0 Å². The third-order valence-electron chi connectivity index (χ3n) is 2.37. The van der Waals surface area contributed by atoms with Crippen LogP contribution in [0.1, 0.15) is 5.56 Å². The van der Waals surface area contributed by atoms with Crippen molar-refractivity contribution in [3.05, 3.63) is 47.8 Å². The Balaban J connectivity index is 2.26. The molecule has 0 aliphatic rings. The zero-order valence-electron chi connectivity index (χ0n) is 9.74. The molecule has 0 amide bonds. The van der Waals surface area contributed by atoms with Gasteiger partial charge in [-0.3, -0.25) is 0 Å². The predicted molar refractivity (Wildman–Crippen MR) is 68.2 cm³/mol. The van der Waals surface area contributed by atoms with E-state index in [1.54, 1.807) is 25.2 Å². The van der Waals surface area contributed by atoms with Gasteiger partial charge in [0.15, 0.2) is 0 Å². The van der Waals surface area contributed by atoms with Crippen molar-refractivity contribution in [1.29, 1.82) is 5.26 Å². The number of hydrogen-bond donors (Lipinski definition) is 2. The summed E-state index contributed by atoms with van der Waals surface area (Å²) in [5, 5.41) is 14.4. The molecule has 0 spiro atoms. The summed E-state index contributed by atoms with van der Waals surface area (Å²) in [6.07, 6.45) is 0. The minimum atomic E-state index is -0.481. The smallest absolute Gasteiger partial charge is 0.147 e. The minimum absolute atomic E-state index is 0.287. The van der Waals surface area contributed by atoms with E-state index in [4.69, 9.17) is 5.26 Å². The first-order valence-corrected chi connectivity index (χ1v) is 5.34. The third kappa shape index (κ3) is 2.55. The lowest BCUT2D eigenvalue weighted by Crippen LogP contribution is -1.99. The molecule has 18 heavy (non-hydrogen) atoms. The highest BCUT2D eigenvalue weighted by molar-refractivity contribution is 5.59. The molecule has 0 atom stereocenters. The van der Waals surface area contributed by atoms with Crippen LogP contribution in [0, 0.1) is 17.1 Å². The zero-order valence-corrected chi connectivity index (χ0v) is 9.74. The summed E-state index contributed by atoms with van der Waals surface area (Å²) >= 11 is 0. The van der Waals surface area contributed by atoms with Crippen molar-refractivity contribution in [1.82, 2.24) is 4.98 Å². The van der Waals surface area contributed by atoms with Crippen molar-refractivity contribution in [2.24, 2.45) is 0 Å². The maximum absolute atomic E-state index is 13.6. The Morgan fingerprint density at radius 1 is 1.22 bits per heavy atom. The first kappa shape index (κ1) is 11.9. The Morgan fingerprint density at radius 3 is 2.67 bits per heavy atom. The van der Waals surface area contributed by atoms with Gasteiger partial charge in [0.1, 0.15) is 17.5 Å². The van der Waals surface area contributed by atoms with Crippen LogP contribution in [0.2, 0.25) is 0 Å². The Morgan fingerprint density at radius 2 is 2.00 bits per heavy atom. The third-order valence-corrected chi connectivity index (χ3v) is 2.37. The second-order valence-corrected chi connectivity index (χ2v) is 3.59. The zero-order chi connectivity index (χ0) is 13.0. The van der Waals surface area contributed by atoms with Crippen molar-refractivity contribution in [3.63, 3.8) is 0 Å². The Hall–Kier alpha value is -2.61. The number of halogens is 1. The molecule has 2 N–H and O–H groups in total. The van der Waals surface area contributed by atoms with Crippen LogP contribution in [0.25, 0.3) is 0 Å². The number of nitrogens with one attached hydrogen (secondary N) is 2.